The minimum Gasteiger partial charge on any atom is -0.335 e. The molecule has 0 bridgehead atoms. The number of aryl methyl sites for hydroxylation is 1. The Morgan fingerprint density at radius 1 is 1.21 bits per heavy atom. The van der Waals surface area contributed by atoms with E-state index in [2.05, 4.69) is 35.5 Å². The SMILES string of the molecule is CCCn1ccnc1CC(N)(CC)c1ccccc1. The molecule has 102 valence electrons. The van der Waals surface area contributed by atoms with Gasteiger partial charge in [-0.2, -0.15) is 0 Å². The third kappa shape index (κ3) is 3.04. The average molecular weight is 257 g/mol. The Hall–Kier alpha value is -1.61. The lowest BCUT2D eigenvalue weighted by Gasteiger charge is -2.28. The van der Waals surface area contributed by atoms with Crippen LogP contribution in [0.2, 0.25) is 0 Å². The molecule has 1 heterocycles. The van der Waals surface area contributed by atoms with Crippen LogP contribution in [0.15, 0.2) is 42.7 Å². The second-order valence-electron chi connectivity index (χ2n) is 5.09. The Bertz CT molecular complexity index is 504. The molecule has 3 nitrogen and oxygen atoms in total. The maximum absolute atomic E-state index is 6.62. The molecule has 0 radical (unpaired) electrons. The maximum Gasteiger partial charge on any atom is 0.110 e. The molecule has 0 aliphatic carbocycles. The van der Waals surface area contributed by atoms with E-state index >= 15 is 0 Å². The molecule has 0 saturated carbocycles. The lowest BCUT2D eigenvalue weighted by molar-refractivity contribution is 0.405. The summed E-state index contributed by atoms with van der Waals surface area (Å²) in [6, 6.07) is 10.3. The van der Waals surface area contributed by atoms with Gasteiger partial charge in [-0.05, 0) is 18.4 Å². The summed E-state index contributed by atoms with van der Waals surface area (Å²) in [5, 5.41) is 0. The van der Waals surface area contributed by atoms with Crippen molar-refractivity contribution in [1.29, 1.82) is 0 Å². The predicted molar refractivity (Wildman–Crippen MR) is 78.8 cm³/mol. The van der Waals surface area contributed by atoms with Gasteiger partial charge in [0, 0.05) is 30.9 Å². The highest BCUT2D eigenvalue weighted by Gasteiger charge is 2.27. The first-order chi connectivity index (χ1) is 9.19. The van der Waals surface area contributed by atoms with E-state index in [4.69, 9.17) is 5.73 Å². The summed E-state index contributed by atoms with van der Waals surface area (Å²) in [5.74, 6) is 1.08. The van der Waals surface area contributed by atoms with Gasteiger partial charge in [-0.25, -0.2) is 4.98 Å². The second-order valence-corrected chi connectivity index (χ2v) is 5.09. The van der Waals surface area contributed by atoms with Crippen LogP contribution in [0.25, 0.3) is 0 Å². The molecule has 19 heavy (non-hydrogen) atoms. The zero-order valence-corrected chi connectivity index (χ0v) is 11.8. The zero-order valence-electron chi connectivity index (χ0n) is 11.8. The van der Waals surface area contributed by atoms with Gasteiger partial charge in [0.25, 0.3) is 0 Å². The molecule has 2 rings (SSSR count). The highest BCUT2D eigenvalue weighted by Crippen LogP contribution is 2.26. The summed E-state index contributed by atoms with van der Waals surface area (Å²) < 4.78 is 2.21. The first kappa shape index (κ1) is 13.8. The smallest absolute Gasteiger partial charge is 0.110 e. The molecule has 3 heteroatoms. The number of hydrogen-bond acceptors (Lipinski definition) is 2. The molecule has 0 fully saturated rings. The minimum atomic E-state index is -0.335. The molecule has 2 aromatic rings. The Morgan fingerprint density at radius 2 is 1.95 bits per heavy atom. The van der Waals surface area contributed by atoms with E-state index < -0.39 is 0 Å². The first-order valence-electron chi connectivity index (χ1n) is 7.04. The van der Waals surface area contributed by atoms with E-state index in [9.17, 15) is 0 Å². The van der Waals surface area contributed by atoms with Crippen LogP contribution in [0.4, 0.5) is 0 Å². The monoisotopic (exact) mass is 257 g/mol. The molecular weight excluding hydrogens is 234 g/mol. The molecule has 0 spiro atoms. The zero-order chi connectivity index (χ0) is 13.7. The van der Waals surface area contributed by atoms with E-state index in [0.717, 1.165) is 31.6 Å². The van der Waals surface area contributed by atoms with Gasteiger partial charge in [-0.3, -0.25) is 0 Å². The summed E-state index contributed by atoms with van der Waals surface area (Å²) >= 11 is 0. The standard InChI is InChI=1S/C16H23N3/c1-3-11-19-12-10-18-15(19)13-16(17,4-2)14-8-6-5-7-9-14/h5-10,12H,3-4,11,13,17H2,1-2H3. The van der Waals surface area contributed by atoms with Crippen LogP contribution in [-0.2, 0) is 18.5 Å². The predicted octanol–water partition coefficient (Wildman–Crippen LogP) is 3.10. The number of rotatable bonds is 6. The third-order valence-electron chi connectivity index (χ3n) is 3.72. The Labute approximate surface area is 115 Å². The number of imidazole rings is 1. The van der Waals surface area contributed by atoms with Gasteiger partial charge in [0.15, 0.2) is 0 Å². The van der Waals surface area contributed by atoms with Crippen molar-refractivity contribution in [2.45, 2.75) is 45.2 Å². The van der Waals surface area contributed by atoms with Crippen LogP contribution in [0.5, 0.6) is 0 Å². The van der Waals surface area contributed by atoms with Gasteiger partial charge in [0.2, 0.25) is 0 Å². The van der Waals surface area contributed by atoms with Crippen molar-refractivity contribution in [3.8, 4) is 0 Å². The number of nitrogens with two attached hydrogens (primary N) is 1. The van der Waals surface area contributed by atoms with Crippen LogP contribution in [0.1, 0.15) is 38.1 Å². The molecular formula is C16H23N3. The minimum absolute atomic E-state index is 0.335. The molecule has 1 atom stereocenters. The number of nitrogens with zero attached hydrogens (tertiary/aromatic N) is 2. The van der Waals surface area contributed by atoms with Crippen LogP contribution < -0.4 is 5.73 Å². The maximum atomic E-state index is 6.62. The topological polar surface area (TPSA) is 43.8 Å². The summed E-state index contributed by atoms with van der Waals surface area (Å²) in [6.45, 7) is 5.32. The first-order valence-corrected chi connectivity index (χ1v) is 7.04. The molecule has 1 aromatic heterocycles. The van der Waals surface area contributed by atoms with E-state index in [1.54, 1.807) is 0 Å². The molecule has 1 aromatic carbocycles. The van der Waals surface area contributed by atoms with Gasteiger partial charge in [-0.1, -0.05) is 44.2 Å². The largest absolute Gasteiger partial charge is 0.335 e. The van der Waals surface area contributed by atoms with Gasteiger partial charge in [0.05, 0.1) is 0 Å². The van der Waals surface area contributed by atoms with Crippen molar-refractivity contribution in [1.82, 2.24) is 9.55 Å². The molecule has 0 saturated heterocycles. The van der Waals surface area contributed by atoms with Crippen molar-refractivity contribution in [2.75, 3.05) is 0 Å². The quantitative estimate of drug-likeness (QED) is 0.864. The van der Waals surface area contributed by atoms with Crippen molar-refractivity contribution in [3.05, 3.63) is 54.1 Å². The number of aromatic nitrogens is 2. The van der Waals surface area contributed by atoms with Crippen LogP contribution >= 0.6 is 0 Å². The Kier molecular flexibility index (Phi) is 4.38. The van der Waals surface area contributed by atoms with E-state index in [-0.39, 0.29) is 5.54 Å². The van der Waals surface area contributed by atoms with Crippen LogP contribution in [0.3, 0.4) is 0 Å². The molecule has 0 amide bonds. The van der Waals surface area contributed by atoms with Crippen molar-refractivity contribution < 1.29 is 0 Å². The summed E-state index contributed by atoms with van der Waals surface area (Å²) in [5.41, 5.74) is 7.47. The Morgan fingerprint density at radius 3 is 2.58 bits per heavy atom. The molecule has 0 aliphatic heterocycles. The number of hydrogen-bond donors (Lipinski definition) is 1. The summed E-state index contributed by atoms with van der Waals surface area (Å²) in [6.07, 6.45) is 6.70. The fourth-order valence-electron chi connectivity index (χ4n) is 2.44. The molecule has 0 aliphatic rings. The normalized spacial score (nSPS) is 14.3. The summed E-state index contributed by atoms with van der Waals surface area (Å²) in [4.78, 5) is 4.48. The fraction of sp³-hybridized carbons (Fsp3) is 0.438. The van der Waals surface area contributed by atoms with Gasteiger partial charge in [-0.15, -0.1) is 0 Å². The van der Waals surface area contributed by atoms with Crippen molar-refractivity contribution >= 4 is 0 Å². The van der Waals surface area contributed by atoms with Crippen LogP contribution in [0, 0.1) is 0 Å². The van der Waals surface area contributed by atoms with E-state index in [0.29, 0.717) is 0 Å². The lowest BCUT2D eigenvalue weighted by Crippen LogP contribution is -2.39. The highest BCUT2D eigenvalue weighted by molar-refractivity contribution is 5.25. The molecule has 1 unspecified atom stereocenters. The summed E-state index contributed by atoms with van der Waals surface area (Å²) in [7, 11) is 0. The van der Waals surface area contributed by atoms with E-state index in [1.807, 2.05) is 30.6 Å². The van der Waals surface area contributed by atoms with Gasteiger partial charge >= 0.3 is 0 Å². The van der Waals surface area contributed by atoms with Crippen molar-refractivity contribution in [2.24, 2.45) is 5.73 Å². The Balaban J connectivity index is 2.25. The third-order valence-corrected chi connectivity index (χ3v) is 3.72. The second kappa shape index (κ2) is 6.02. The van der Waals surface area contributed by atoms with Gasteiger partial charge < -0.3 is 10.3 Å². The van der Waals surface area contributed by atoms with Gasteiger partial charge in [0.1, 0.15) is 5.82 Å². The highest BCUT2D eigenvalue weighted by atomic mass is 15.1. The number of benzene rings is 1. The van der Waals surface area contributed by atoms with Crippen molar-refractivity contribution in [3.63, 3.8) is 0 Å². The molecule has 2 N–H and O–H groups in total. The average Bonchev–Trinajstić information content (AvgIpc) is 2.87. The van der Waals surface area contributed by atoms with Crippen LogP contribution in [-0.4, -0.2) is 9.55 Å². The lowest BCUT2D eigenvalue weighted by atomic mass is 9.85. The van der Waals surface area contributed by atoms with E-state index in [1.165, 1.54) is 5.56 Å². The fourth-order valence-corrected chi connectivity index (χ4v) is 2.44.